The molecule has 0 aliphatic carbocycles. The number of nitrogens with zero attached hydrogens (tertiary/aromatic N) is 2. The van der Waals surface area contributed by atoms with Gasteiger partial charge < -0.3 is 19.3 Å². The molecule has 7 nitrogen and oxygen atoms in total. The third kappa shape index (κ3) is 4.78. The Morgan fingerprint density at radius 2 is 1.75 bits per heavy atom. The van der Waals surface area contributed by atoms with E-state index < -0.39 is 0 Å². The highest BCUT2D eigenvalue weighted by molar-refractivity contribution is 5.92. The van der Waals surface area contributed by atoms with Crippen molar-refractivity contribution in [3.63, 3.8) is 0 Å². The van der Waals surface area contributed by atoms with Crippen LogP contribution in [0.25, 0.3) is 22.8 Å². The molecule has 1 aromatic heterocycles. The molecular formula is C25H23N3O4. The van der Waals surface area contributed by atoms with Gasteiger partial charge in [0, 0.05) is 11.3 Å². The smallest absolute Gasteiger partial charge is 0.262 e. The lowest BCUT2D eigenvalue weighted by Crippen LogP contribution is -2.21. The van der Waals surface area contributed by atoms with Crippen LogP contribution in [0.3, 0.4) is 0 Å². The maximum absolute atomic E-state index is 12.4. The average Bonchev–Trinajstić information content (AvgIpc) is 3.33. The molecule has 0 bridgehead atoms. The van der Waals surface area contributed by atoms with E-state index in [2.05, 4.69) is 15.5 Å². The van der Waals surface area contributed by atoms with Crippen LogP contribution in [0, 0.1) is 0 Å². The number of rotatable bonds is 8. The Morgan fingerprint density at radius 3 is 2.53 bits per heavy atom. The van der Waals surface area contributed by atoms with E-state index in [1.165, 1.54) is 0 Å². The first kappa shape index (κ1) is 21.1. The van der Waals surface area contributed by atoms with Crippen LogP contribution in [0.5, 0.6) is 11.5 Å². The highest BCUT2D eigenvalue weighted by Crippen LogP contribution is 2.30. The van der Waals surface area contributed by atoms with Gasteiger partial charge in [-0.3, -0.25) is 4.79 Å². The van der Waals surface area contributed by atoms with Crippen LogP contribution < -0.4 is 14.8 Å². The zero-order valence-corrected chi connectivity index (χ0v) is 17.9. The topological polar surface area (TPSA) is 86.5 Å². The van der Waals surface area contributed by atoms with Gasteiger partial charge in [0.25, 0.3) is 11.8 Å². The van der Waals surface area contributed by atoms with E-state index in [1.807, 2.05) is 73.7 Å². The minimum atomic E-state index is -0.245. The first-order chi connectivity index (χ1) is 15.7. The molecule has 162 valence electrons. The van der Waals surface area contributed by atoms with Crippen molar-refractivity contribution in [2.24, 2.45) is 0 Å². The fraction of sp³-hybridized carbons (Fsp3) is 0.160. The molecule has 4 aromatic rings. The van der Waals surface area contributed by atoms with Crippen molar-refractivity contribution in [2.75, 3.05) is 19.0 Å². The largest absolute Gasteiger partial charge is 0.497 e. The molecule has 7 heteroatoms. The van der Waals surface area contributed by atoms with Crippen molar-refractivity contribution in [3.8, 4) is 34.3 Å². The van der Waals surface area contributed by atoms with Crippen LogP contribution in [-0.2, 0) is 11.2 Å². The normalized spacial score (nSPS) is 10.6. The SMILES string of the molecule is CCc1ccccc1NC(=O)COc1ccccc1-c1nc(-c2ccc(OC)cc2)no1. The van der Waals surface area contributed by atoms with E-state index in [4.69, 9.17) is 14.0 Å². The van der Waals surface area contributed by atoms with Gasteiger partial charge in [-0.25, -0.2) is 0 Å². The fourth-order valence-corrected chi connectivity index (χ4v) is 3.24. The molecular weight excluding hydrogens is 406 g/mol. The molecule has 4 rings (SSSR count). The number of aryl methyl sites for hydroxylation is 1. The molecule has 0 atom stereocenters. The second kappa shape index (κ2) is 9.78. The summed E-state index contributed by atoms with van der Waals surface area (Å²) in [5.41, 5.74) is 3.27. The zero-order valence-electron chi connectivity index (χ0n) is 17.9. The second-order valence-electron chi connectivity index (χ2n) is 7.00. The summed E-state index contributed by atoms with van der Waals surface area (Å²) >= 11 is 0. The summed E-state index contributed by atoms with van der Waals surface area (Å²) in [6.07, 6.45) is 0.827. The number of carbonyl (C=O) groups is 1. The third-order valence-corrected chi connectivity index (χ3v) is 4.92. The summed E-state index contributed by atoms with van der Waals surface area (Å²) in [6.45, 7) is 1.90. The van der Waals surface area contributed by atoms with E-state index in [0.29, 0.717) is 23.0 Å². The highest BCUT2D eigenvalue weighted by atomic mass is 16.5. The van der Waals surface area contributed by atoms with Gasteiger partial charge in [-0.1, -0.05) is 42.4 Å². The highest BCUT2D eigenvalue weighted by Gasteiger charge is 2.16. The predicted molar refractivity (Wildman–Crippen MR) is 122 cm³/mol. The molecule has 1 heterocycles. The predicted octanol–water partition coefficient (Wildman–Crippen LogP) is 4.99. The van der Waals surface area contributed by atoms with Crippen LogP contribution in [0.4, 0.5) is 5.69 Å². The van der Waals surface area contributed by atoms with Crippen LogP contribution in [-0.4, -0.2) is 29.8 Å². The Bertz CT molecular complexity index is 1200. The molecule has 1 amide bonds. The lowest BCUT2D eigenvalue weighted by molar-refractivity contribution is -0.118. The molecule has 0 spiro atoms. The first-order valence-corrected chi connectivity index (χ1v) is 10.3. The maximum atomic E-state index is 12.4. The van der Waals surface area contributed by atoms with Gasteiger partial charge in [-0.15, -0.1) is 0 Å². The summed E-state index contributed by atoms with van der Waals surface area (Å²) < 4.78 is 16.4. The summed E-state index contributed by atoms with van der Waals surface area (Å²) in [6, 6.07) is 22.3. The van der Waals surface area contributed by atoms with Gasteiger partial charge in [0.05, 0.1) is 12.7 Å². The molecule has 0 radical (unpaired) electrons. The maximum Gasteiger partial charge on any atom is 0.262 e. The molecule has 0 aliphatic heterocycles. The van der Waals surface area contributed by atoms with Crippen LogP contribution in [0.15, 0.2) is 77.3 Å². The van der Waals surface area contributed by atoms with E-state index in [0.717, 1.165) is 29.0 Å². The van der Waals surface area contributed by atoms with Gasteiger partial charge in [-0.05, 0) is 54.4 Å². The number of carbonyl (C=O) groups excluding carboxylic acids is 1. The van der Waals surface area contributed by atoms with Crippen LogP contribution in [0.1, 0.15) is 12.5 Å². The molecule has 0 saturated heterocycles. The van der Waals surface area contributed by atoms with Crippen LogP contribution in [0.2, 0.25) is 0 Å². The van der Waals surface area contributed by atoms with E-state index in [1.54, 1.807) is 13.2 Å². The number of para-hydroxylation sites is 2. The second-order valence-corrected chi connectivity index (χ2v) is 7.00. The number of nitrogens with one attached hydrogen (secondary N) is 1. The minimum absolute atomic E-state index is 0.144. The first-order valence-electron chi connectivity index (χ1n) is 10.3. The van der Waals surface area contributed by atoms with E-state index in [-0.39, 0.29) is 12.5 Å². The van der Waals surface area contributed by atoms with Crippen molar-refractivity contribution >= 4 is 11.6 Å². The Kier molecular flexibility index (Phi) is 6.46. The zero-order chi connectivity index (χ0) is 22.3. The fourth-order valence-electron chi connectivity index (χ4n) is 3.24. The summed E-state index contributed by atoms with van der Waals surface area (Å²) in [4.78, 5) is 16.9. The number of ether oxygens (including phenoxy) is 2. The molecule has 0 saturated carbocycles. The lowest BCUT2D eigenvalue weighted by atomic mass is 10.1. The Balaban J connectivity index is 1.47. The molecule has 3 aromatic carbocycles. The van der Waals surface area contributed by atoms with Gasteiger partial charge in [-0.2, -0.15) is 4.98 Å². The van der Waals surface area contributed by atoms with Crippen molar-refractivity contribution in [1.82, 2.24) is 10.1 Å². The number of methoxy groups -OCH3 is 1. The molecule has 32 heavy (non-hydrogen) atoms. The van der Waals surface area contributed by atoms with Gasteiger partial charge >= 0.3 is 0 Å². The lowest BCUT2D eigenvalue weighted by Gasteiger charge is -2.11. The number of anilines is 1. The van der Waals surface area contributed by atoms with Crippen molar-refractivity contribution in [2.45, 2.75) is 13.3 Å². The van der Waals surface area contributed by atoms with E-state index >= 15 is 0 Å². The molecule has 0 fully saturated rings. The third-order valence-electron chi connectivity index (χ3n) is 4.92. The summed E-state index contributed by atoms with van der Waals surface area (Å²) in [5, 5.41) is 6.97. The van der Waals surface area contributed by atoms with E-state index in [9.17, 15) is 4.79 Å². The van der Waals surface area contributed by atoms with Gasteiger partial charge in [0.1, 0.15) is 11.5 Å². The van der Waals surface area contributed by atoms with Crippen molar-refractivity contribution in [3.05, 3.63) is 78.4 Å². The molecule has 0 aliphatic rings. The Labute approximate surface area is 186 Å². The number of benzene rings is 3. The minimum Gasteiger partial charge on any atom is -0.497 e. The molecule has 0 unspecified atom stereocenters. The molecule has 1 N–H and O–H groups in total. The summed E-state index contributed by atoms with van der Waals surface area (Å²) in [5.74, 6) is 1.74. The standard InChI is InChI=1S/C25H23N3O4/c1-3-17-8-4-6-10-21(17)26-23(29)16-31-22-11-7-5-9-20(22)25-27-24(28-32-25)18-12-14-19(30-2)15-13-18/h4-15H,3,16H2,1-2H3,(H,26,29). The number of amides is 1. The number of hydrogen-bond donors (Lipinski definition) is 1. The summed E-state index contributed by atoms with van der Waals surface area (Å²) in [7, 11) is 1.61. The van der Waals surface area contributed by atoms with Gasteiger partial charge in [0.2, 0.25) is 5.82 Å². The number of hydrogen-bond acceptors (Lipinski definition) is 6. The monoisotopic (exact) mass is 429 g/mol. The quantitative estimate of drug-likeness (QED) is 0.425. The average molecular weight is 429 g/mol. The Morgan fingerprint density at radius 1 is 1.00 bits per heavy atom. The van der Waals surface area contributed by atoms with Crippen molar-refractivity contribution < 1.29 is 18.8 Å². The Hall–Kier alpha value is -4.13. The van der Waals surface area contributed by atoms with Crippen LogP contribution >= 0.6 is 0 Å². The number of aromatic nitrogens is 2. The van der Waals surface area contributed by atoms with Gasteiger partial charge in [0.15, 0.2) is 6.61 Å². The van der Waals surface area contributed by atoms with Crippen molar-refractivity contribution in [1.29, 1.82) is 0 Å².